The highest BCUT2D eigenvalue weighted by atomic mass is 16.7. The quantitative estimate of drug-likeness (QED) is 0.336. The van der Waals surface area contributed by atoms with E-state index in [9.17, 15) is 9.59 Å². The van der Waals surface area contributed by atoms with E-state index in [1.54, 1.807) is 49.8 Å². The van der Waals surface area contributed by atoms with Crippen LogP contribution in [0.15, 0.2) is 29.4 Å². The van der Waals surface area contributed by atoms with E-state index in [0.29, 0.717) is 28.3 Å². The van der Waals surface area contributed by atoms with Crippen LogP contribution in [-0.4, -0.2) is 34.1 Å². The van der Waals surface area contributed by atoms with Gasteiger partial charge in [-0.3, -0.25) is 9.48 Å². The Balaban J connectivity index is 2.05. The molecule has 0 unspecified atom stereocenters. The number of carbonyl (C=O) groups excluding carboxylic acids is 2. The van der Waals surface area contributed by atoms with E-state index < -0.39 is 11.9 Å². The second-order valence-electron chi connectivity index (χ2n) is 5.30. The molecule has 9 nitrogen and oxygen atoms in total. The first kappa shape index (κ1) is 18.0. The largest absolute Gasteiger partial charge is 0.484 e. The van der Waals surface area contributed by atoms with Crippen LogP contribution in [0.4, 0.5) is 0 Å². The first-order chi connectivity index (χ1) is 11.8. The third-order valence-corrected chi connectivity index (χ3v) is 3.47. The summed E-state index contributed by atoms with van der Waals surface area (Å²) in [4.78, 5) is 27.7. The van der Waals surface area contributed by atoms with Crippen molar-refractivity contribution in [1.82, 2.24) is 9.78 Å². The molecule has 0 spiro atoms. The lowest BCUT2D eigenvalue weighted by Crippen LogP contribution is -2.20. The van der Waals surface area contributed by atoms with Crippen LogP contribution in [-0.2, 0) is 16.7 Å². The predicted molar refractivity (Wildman–Crippen MR) is 90.0 cm³/mol. The zero-order valence-electron chi connectivity index (χ0n) is 14.1. The maximum absolute atomic E-state index is 12.1. The fourth-order valence-corrected chi connectivity index (χ4v) is 2.13. The van der Waals surface area contributed by atoms with Gasteiger partial charge in [-0.1, -0.05) is 5.16 Å². The highest BCUT2D eigenvalue weighted by molar-refractivity contribution is 5.98. The minimum atomic E-state index is -0.632. The number of amidine groups is 1. The number of carbonyl (C=O) groups is 2. The van der Waals surface area contributed by atoms with E-state index in [4.69, 9.17) is 21.0 Å². The van der Waals surface area contributed by atoms with Crippen molar-refractivity contribution in [3.05, 3.63) is 46.8 Å². The molecule has 1 amide bonds. The minimum Gasteiger partial charge on any atom is -0.484 e. The topological polar surface area (TPSA) is 135 Å². The van der Waals surface area contributed by atoms with Gasteiger partial charge in [0.1, 0.15) is 11.3 Å². The van der Waals surface area contributed by atoms with E-state index in [1.165, 1.54) is 0 Å². The van der Waals surface area contributed by atoms with Crippen LogP contribution in [0, 0.1) is 13.8 Å². The molecule has 2 rings (SSSR count). The molecule has 132 valence electrons. The van der Waals surface area contributed by atoms with Gasteiger partial charge in [0.05, 0.1) is 5.69 Å². The average Bonchev–Trinajstić information content (AvgIpc) is 2.83. The molecular weight excluding hydrogens is 326 g/mol. The zero-order valence-corrected chi connectivity index (χ0v) is 14.1. The first-order valence-electron chi connectivity index (χ1n) is 7.36. The average molecular weight is 345 g/mol. The van der Waals surface area contributed by atoms with Crippen molar-refractivity contribution in [1.29, 1.82) is 0 Å². The van der Waals surface area contributed by atoms with Crippen molar-refractivity contribution in [2.45, 2.75) is 13.8 Å². The van der Waals surface area contributed by atoms with Gasteiger partial charge in [0.25, 0.3) is 5.91 Å². The second kappa shape index (κ2) is 7.47. The minimum absolute atomic E-state index is 0.0222. The fraction of sp³-hybridized carbons (Fsp3) is 0.250. The summed E-state index contributed by atoms with van der Waals surface area (Å²) in [5, 5.41) is 7.80. The number of hydrogen-bond acceptors (Lipinski definition) is 6. The highest BCUT2D eigenvalue weighted by Crippen LogP contribution is 2.14. The van der Waals surface area contributed by atoms with Gasteiger partial charge in [-0.2, -0.15) is 5.10 Å². The van der Waals surface area contributed by atoms with Crippen molar-refractivity contribution in [2.24, 2.45) is 23.7 Å². The summed E-state index contributed by atoms with van der Waals surface area (Å²) in [6.45, 7) is 3.25. The number of nitrogens with zero attached hydrogens (tertiary/aromatic N) is 3. The van der Waals surface area contributed by atoms with Crippen molar-refractivity contribution >= 4 is 17.7 Å². The smallest absolute Gasteiger partial charge is 0.369 e. The molecule has 0 aliphatic heterocycles. The number of nitrogens with two attached hydrogens (primary N) is 2. The summed E-state index contributed by atoms with van der Waals surface area (Å²) in [6, 6.07) is 6.42. The Morgan fingerprint density at radius 3 is 2.36 bits per heavy atom. The van der Waals surface area contributed by atoms with Gasteiger partial charge >= 0.3 is 5.97 Å². The fourth-order valence-electron chi connectivity index (χ4n) is 2.13. The number of aryl methyl sites for hydroxylation is 2. The summed E-state index contributed by atoms with van der Waals surface area (Å²) in [7, 11) is 1.73. The highest BCUT2D eigenvalue weighted by Gasteiger charge is 2.19. The van der Waals surface area contributed by atoms with Crippen LogP contribution >= 0.6 is 0 Å². The van der Waals surface area contributed by atoms with E-state index in [-0.39, 0.29) is 12.4 Å². The summed E-state index contributed by atoms with van der Waals surface area (Å²) in [5.74, 6) is -0.728. The van der Waals surface area contributed by atoms with Crippen LogP contribution in [0.3, 0.4) is 0 Å². The summed E-state index contributed by atoms with van der Waals surface area (Å²) in [5.41, 5.74) is 12.9. The molecular formula is C16H19N5O4. The van der Waals surface area contributed by atoms with E-state index in [0.717, 1.165) is 0 Å². The SMILES string of the molecule is Cc1nn(C)c(C)c1C(=O)O/N=C(\N)c1ccc(OCC(N)=O)cc1. The van der Waals surface area contributed by atoms with Crippen LogP contribution in [0.1, 0.15) is 27.3 Å². The normalized spacial score (nSPS) is 11.2. The molecule has 0 fully saturated rings. The summed E-state index contributed by atoms with van der Waals surface area (Å²) >= 11 is 0. The molecule has 9 heteroatoms. The number of amides is 1. The van der Waals surface area contributed by atoms with Gasteiger partial charge in [-0.05, 0) is 38.1 Å². The van der Waals surface area contributed by atoms with E-state index >= 15 is 0 Å². The number of hydrogen-bond donors (Lipinski definition) is 2. The third-order valence-electron chi connectivity index (χ3n) is 3.47. The van der Waals surface area contributed by atoms with Crippen LogP contribution in [0.25, 0.3) is 0 Å². The van der Waals surface area contributed by atoms with Gasteiger partial charge in [0, 0.05) is 18.3 Å². The molecule has 1 heterocycles. The number of rotatable bonds is 6. The molecule has 0 saturated carbocycles. The number of ether oxygens (including phenoxy) is 1. The number of primary amides is 1. The Morgan fingerprint density at radius 2 is 1.84 bits per heavy atom. The Labute approximate surface area is 144 Å². The monoisotopic (exact) mass is 345 g/mol. The molecule has 1 aromatic carbocycles. The maximum Gasteiger partial charge on any atom is 0.369 e. The van der Waals surface area contributed by atoms with Gasteiger partial charge < -0.3 is 21.0 Å². The molecule has 0 radical (unpaired) electrons. The van der Waals surface area contributed by atoms with Crippen molar-refractivity contribution < 1.29 is 19.2 Å². The molecule has 25 heavy (non-hydrogen) atoms. The molecule has 1 aromatic heterocycles. The molecule has 0 atom stereocenters. The predicted octanol–water partition coefficient (Wildman–Crippen LogP) is 0.378. The van der Waals surface area contributed by atoms with E-state index in [1.807, 2.05) is 0 Å². The van der Waals surface area contributed by atoms with Crippen LogP contribution < -0.4 is 16.2 Å². The molecule has 0 aliphatic rings. The molecule has 4 N–H and O–H groups in total. The first-order valence-corrected chi connectivity index (χ1v) is 7.36. The Kier molecular flexibility index (Phi) is 5.38. The van der Waals surface area contributed by atoms with Crippen LogP contribution in [0.5, 0.6) is 5.75 Å². The molecule has 0 saturated heterocycles. The van der Waals surface area contributed by atoms with Gasteiger partial charge in [-0.15, -0.1) is 0 Å². The molecule has 0 bridgehead atoms. The van der Waals surface area contributed by atoms with Crippen molar-refractivity contribution in [3.63, 3.8) is 0 Å². The van der Waals surface area contributed by atoms with Crippen molar-refractivity contribution in [3.8, 4) is 5.75 Å². The molecule has 0 aliphatic carbocycles. The Hall–Kier alpha value is -3.36. The lowest BCUT2D eigenvalue weighted by Gasteiger charge is -2.05. The van der Waals surface area contributed by atoms with Gasteiger partial charge in [-0.25, -0.2) is 4.79 Å². The Bertz CT molecular complexity index is 824. The van der Waals surface area contributed by atoms with E-state index in [2.05, 4.69) is 10.3 Å². The lowest BCUT2D eigenvalue weighted by atomic mass is 10.2. The van der Waals surface area contributed by atoms with Gasteiger partial charge in [0.2, 0.25) is 0 Å². The Morgan fingerprint density at radius 1 is 1.20 bits per heavy atom. The maximum atomic E-state index is 12.1. The summed E-state index contributed by atoms with van der Waals surface area (Å²) in [6.07, 6.45) is 0. The lowest BCUT2D eigenvalue weighted by molar-refractivity contribution is -0.119. The van der Waals surface area contributed by atoms with Crippen LogP contribution in [0.2, 0.25) is 0 Å². The standard InChI is InChI=1S/C16H19N5O4/c1-9-14(10(2)21(3)19-9)16(23)25-20-15(18)11-4-6-12(7-5-11)24-8-13(17)22/h4-7H,8H2,1-3H3,(H2,17,22)(H2,18,20). The zero-order chi connectivity index (χ0) is 18.6. The third kappa shape index (κ3) is 4.34. The molecule has 2 aromatic rings. The number of aromatic nitrogens is 2. The summed E-state index contributed by atoms with van der Waals surface area (Å²) < 4.78 is 6.72. The van der Waals surface area contributed by atoms with Crippen molar-refractivity contribution in [2.75, 3.05) is 6.61 Å². The number of benzene rings is 1. The second-order valence-corrected chi connectivity index (χ2v) is 5.30. The van der Waals surface area contributed by atoms with Gasteiger partial charge in [0.15, 0.2) is 12.4 Å². The number of oxime groups is 1.